The first kappa shape index (κ1) is 8.23. The molecule has 68 valence electrons. The topological polar surface area (TPSA) is 38.4 Å². The standard InChI is InChI=1S/C10H11FN2/c11-8-3-1-2-4-9(8)13-10(12)7-5-6-7/h1-4,7H,5-6H2,(H2,12,13). The van der Waals surface area contributed by atoms with E-state index in [0.717, 1.165) is 12.8 Å². The quantitative estimate of drug-likeness (QED) is 0.547. The van der Waals surface area contributed by atoms with Crippen LogP contribution >= 0.6 is 0 Å². The Morgan fingerprint density at radius 3 is 2.69 bits per heavy atom. The van der Waals surface area contributed by atoms with E-state index in [9.17, 15) is 4.39 Å². The SMILES string of the molecule is NC(=Nc1ccccc1F)C1CC1. The Labute approximate surface area is 76.3 Å². The van der Waals surface area contributed by atoms with Gasteiger partial charge in [-0.2, -0.15) is 0 Å². The van der Waals surface area contributed by atoms with E-state index in [2.05, 4.69) is 4.99 Å². The fraction of sp³-hybridized carbons (Fsp3) is 0.300. The summed E-state index contributed by atoms with van der Waals surface area (Å²) in [5.74, 6) is 0.635. The lowest BCUT2D eigenvalue weighted by Gasteiger charge is -1.98. The third-order valence-corrected chi connectivity index (χ3v) is 2.10. The molecule has 0 amide bonds. The molecule has 1 saturated carbocycles. The highest BCUT2D eigenvalue weighted by molar-refractivity contribution is 5.87. The molecule has 2 nitrogen and oxygen atoms in total. The summed E-state index contributed by atoms with van der Waals surface area (Å²) in [4.78, 5) is 4.04. The van der Waals surface area contributed by atoms with E-state index in [1.165, 1.54) is 6.07 Å². The van der Waals surface area contributed by atoms with Crippen LogP contribution in [0.1, 0.15) is 12.8 Å². The Balaban J connectivity index is 2.25. The largest absolute Gasteiger partial charge is 0.387 e. The summed E-state index contributed by atoms with van der Waals surface area (Å²) in [6, 6.07) is 6.41. The van der Waals surface area contributed by atoms with Crippen LogP contribution in [0.4, 0.5) is 10.1 Å². The van der Waals surface area contributed by atoms with Crippen LogP contribution in [0, 0.1) is 11.7 Å². The first-order valence-electron chi connectivity index (χ1n) is 4.36. The van der Waals surface area contributed by atoms with Gasteiger partial charge in [-0.1, -0.05) is 12.1 Å². The Kier molecular flexibility index (Phi) is 2.00. The van der Waals surface area contributed by atoms with Crippen LogP contribution in [0.25, 0.3) is 0 Å². The van der Waals surface area contributed by atoms with E-state index >= 15 is 0 Å². The minimum Gasteiger partial charge on any atom is -0.387 e. The van der Waals surface area contributed by atoms with E-state index < -0.39 is 0 Å². The van der Waals surface area contributed by atoms with Gasteiger partial charge in [0.05, 0.1) is 0 Å². The second-order valence-electron chi connectivity index (χ2n) is 3.26. The second kappa shape index (κ2) is 3.17. The Morgan fingerprint density at radius 1 is 1.38 bits per heavy atom. The van der Waals surface area contributed by atoms with Crippen molar-refractivity contribution in [3.8, 4) is 0 Å². The van der Waals surface area contributed by atoms with E-state index in [1.54, 1.807) is 18.2 Å². The average molecular weight is 178 g/mol. The number of rotatable bonds is 2. The van der Waals surface area contributed by atoms with Gasteiger partial charge in [-0.3, -0.25) is 0 Å². The van der Waals surface area contributed by atoms with Gasteiger partial charge in [0.2, 0.25) is 0 Å². The molecule has 0 radical (unpaired) electrons. The van der Waals surface area contributed by atoms with Crippen LogP contribution < -0.4 is 5.73 Å². The summed E-state index contributed by atoms with van der Waals surface area (Å²) >= 11 is 0. The van der Waals surface area contributed by atoms with Gasteiger partial charge in [0.15, 0.2) is 0 Å². The van der Waals surface area contributed by atoms with Crippen molar-refractivity contribution in [2.75, 3.05) is 0 Å². The first-order valence-corrected chi connectivity index (χ1v) is 4.36. The van der Waals surface area contributed by atoms with Crippen molar-refractivity contribution in [1.82, 2.24) is 0 Å². The van der Waals surface area contributed by atoms with Crippen molar-refractivity contribution in [1.29, 1.82) is 0 Å². The van der Waals surface area contributed by atoms with Crippen molar-refractivity contribution in [3.63, 3.8) is 0 Å². The Morgan fingerprint density at radius 2 is 2.08 bits per heavy atom. The van der Waals surface area contributed by atoms with Crippen LogP contribution in [-0.2, 0) is 0 Å². The molecule has 2 rings (SSSR count). The summed E-state index contributed by atoms with van der Waals surface area (Å²) in [7, 11) is 0. The molecule has 0 aliphatic heterocycles. The highest BCUT2D eigenvalue weighted by atomic mass is 19.1. The van der Waals surface area contributed by atoms with E-state index in [4.69, 9.17) is 5.73 Å². The molecule has 1 fully saturated rings. The normalized spacial score (nSPS) is 17.5. The van der Waals surface area contributed by atoms with Gasteiger partial charge in [-0.05, 0) is 25.0 Å². The molecule has 1 aromatic carbocycles. The highest BCUT2D eigenvalue weighted by Gasteiger charge is 2.25. The first-order chi connectivity index (χ1) is 6.27. The molecule has 3 heteroatoms. The number of benzene rings is 1. The molecular weight excluding hydrogens is 167 g/mol. The summed E-state index contributed by atoms with van der Waals surface area (Å²) < 4.78 is 13.1. The van der Waals surface area contributed by atoms with Gasteiger partial charge in [-0.15, -0.1) is 0 Å². The lowest BCUT2D eigenvalue weighted by molar-refractivity contribution is 0.630. The van der Waals surface area contributed by atoms with Gasteiger partial charge in [0.1, 0.15) is 17.3 Å². The summed E-state index contributed by atoms with van der Waals surface area (Å²) in [5, 5.41) is 0. The van der Waals surface area contributed by atoms with Crippen molar-refractivity contribution < 1.29 is 4.39 Å². The minimum absolute atomic E-state index is 0.314. The number of nitrogens with two attached hydrogens (primary N) is 1. The number of aliphatic imine (C=N–C) groups is 1. The molecule has 0 aromatic heterocycles. The molecule has 1 aliphatic carbocycles. The number of hydrogen-bond acceptors (Lipinski definition) is 1. The number of hydrogen-bond donors (Lipinski definition) is 1. The Bertz CT molecular complexity index is 343. The van der Waals surface area contributed by atoms with Gasteiger partial charge in [0.25, 0.3) is 0 Å². The van der Waals surface area contributed by atoms with Gasteiger partial charge >= 0.3 is 0 Å². The van der Waals surface area contributed by atoms with Crippen LogP contribution in [0.3, 0.4) is 0 Å². The van der Waals surface area contributed by atoms with Crippen molar-refractivity contribution in [2.45, 2.75) is 12.8 Å². The van der Waals surface area contributed by atoms with Crippen LogP contribution in [0.15, 0.2) is 29.3 Å². The molecule has 0 saturated heterocycles. The summed E-state index contributed by atoms with van der Waals surface area (Å²) in [6.45, 7) is 0. The zero-order valence-corrected chi connectivity index (χ0v) is 7.20. The number of amidine groups is 1. The zero-order valence-electron chi connectivity index (χ0n) is 7.20. The fourth-order valence-corrected chi connectivity index (χ4v) is 1.15. The van der Waals surface area contributed by atoms with Crippen molar-refractivity contribution >= 4 is 11.5 Å². The summed E-state index contributed by atoms with van der Waals surface area (Å²) in [6.07, 6.45) is 2.17. The number of para-hydroxylation sites is 1. The molecule has 0 atom stereocenters. The second-order valence-corrected chi connectivity index (χ2v) is 3.26. The third kappa shape index (κ3) is 1.86. The molecule has 1 aliphatic rings. The zero-order chi connectivity index (χ0) is 9.26. The van der Waals surface area contributed by atoms with E-state index in [0.29, 0.717) is 17.4 Å². The maximum absolute atomic E-state index is 13.1. The fourth-order valence-electron chi connectivity index (χ4n) is 1.15. The molecular formula is C10H11FN2. The number of halogens is 1. The van der Waals surface area contributed by atoms with Crippen molar-refractivity contribution in [3.05, 3.63) is 30.1 Å². The molecule has 0 unspecified atom stereocenters. The van der Waals surface area contributed by atoms with Crippen LogP contribution in [0.2, 0.25) is 0 Å². The maximum Gasteiger partial charge on any atom is 0.148 e. The average Bonchev–Trinajstić information content (AvgIpc) is 2.91. The Hall–Kier alpha value is -1.38. The predicted octanol–water partition coefficient (Wildman–Crippen LogP) is 2.22. The molecule has 0 heterocycles. The molecule has 0 spiro atoms. The van der Waals surface area contributed by atoms with Gasteiger partial charge in [0, 0.05) is 5.92 Å². The van der Waals surface area contributed by atoms with E-state index in [-0.39, 0.29) is 5.82 Å². The van der Waals surface area contributed by atoms with Gasteiger partial charge < -0.3 is 5.73 Å². The van der Waals surface area contributed by atoms with Gasteiger partial charge in [-0.25, -0.2) is 9.38 Å². The van der Waals surface area contributed by atoms with Crippen LogP contribution in [-0.4, -0.2) is 5.84 Å². The summed E-state index contributed by atoms with van der Waals surface area (Å²) in [5.41, 5.74) is 6.00. The lowest BCUT2D eigenvalue weighted by Crippen LogP contribution is -2.13. The van der Waals surface area contributed by atoms with Crippen LogP contribution in [0.5, 0.6) is 0 Å². The molecule has 1 aromatic rings. The minimum atomic E-state index is -0.314. The number of nitrogens with zero attached hydrogens (tertiary/aromatic N) is 1. The predicted molar refractivity (Wildman–Crippen MR) is 50.4 cm³/mol. The highest BCUT2D eigenvalue weighted by Crippen LogP contribution is 2.30. The third-order valence-electron chi connectivity index (χ3n) is 2.10. The lowest BCUT2D eigenvalue weighted by atomic mass is 10.3. The molecule has 0 bridgehead atoms. The monoisotopic (exact) mass is 178 g/mol. The molecule has 13 heavy (non-hydrogen) atoms. The van der Waals surface area contributed by atoms with E-state index in [1.807, 2.05) is 0 Å². The molecule has 2 N–H and O–H groups in total. The van der Waals surface area contributed by atoms with Crippen molar-refractivity contribution in [2.24, 2.45) is 16.6 Å². The maximum atomic E-state index is 13.1. The smallest absolute Gasteiger partial charge is 0.148 e.